The van der Waals surface area contributed by atoms with E-state index in [-0.39, 0.29) is 11.8 Å². The molecule has 0 unspecified atom stereocenters. The van der Waals surface area contributed by atoms with Crippen LogP contribution in [0, 0.1) is 0 Å². The third-order valence-corrected chi connectivity index (χ3v) is 5.68. The van der Waals surface area contributed by atoms with Crippen LogP contribution in [0.2, 0.25) is 0 Å². The molecule has 7 heteroatoms. The van der Waals surface area contributed by atoms with Gasteiger partial charge < -0.3 is 15.1 Å². The van der Waals surface area contributed by atoms with E-state index in [1.165, 1.54) is 0 Å². The molecule has 2 saturated heterocycles. The molecule has 7 nitrogen and oxygen atoms in total. The summed E-state index contributed by atoms with van der Waals surface area (Å²) in [5.41, 5.74) is 2.81. The van der Waals surface area contributed by atoms with Gasteiger partial charge in [-0.2, -0.15) is 0 Å². The average molecular weight is 401 g/mol. The number of para-hydroxylation sites is 2. The number of hydrogen-bond acceptors (Lipinski definition) is 5. The smallest absolute Gasteiger partial charge is 0.256 e. The number of nitrogens with zero attached hydrogens (tertiary/aromatic N) is 4. The van der Waals surface area contributed by atoms with Gasteiger partial charge in [0, 0.05) is 37.3 Å². The van der Waals surface area contributed by atoms with E-state index < -0.39 is 0 Å². The number of anilines is 3. The Hall–Kier alpha value is -3.48. The summed E-state index contributed by atoms with van der Waals surface area (Å²) in [4.78, 5) is 38.5. The van der Waals surface area contributed by atoms with Crippen molar-refractivity contribution in [1.82, 2.24) is 9.97 Å². The van der Waals surface area contributed by atoms with E-state index in [4.69, 9.17) is 9.97 Å². The number of aromatic nitrogens is 2. The molecule has 1 N–H and O–H groups in total. The predicted octanol–water partition coefficient (Wildman–Crippen LogP) is 3.61. The molecule has 0 bridgehead atoms. The monoisotopic (exact) mass is 401 g/mol. The van der Waals surface area contributed by atoms with Crippen LogP contribution in [0.1, 0.15) is 36.0 Å². The maximum absolute atomic E-state index is 13.1. The largest absolute Gasteiger partial charge is 0.354 e. The van der Waals surface area contributed by atoms with Crippen molar-refractivity contribution in [3.8, 4) is 0 Å². The summed E-state index contributed by atoms with van der Waals surface area (Å²) < 4.78 is 0. The van der Waals surface area contributed by atoms with Crippen molar-refractivity contribution in [2.45, 2.75) is 25.7 Å². The molecule has 5 rings (SSSR count). The summed E-state index contributed by atoms with van der Waals surface area (Å²) in [6, 6.07) is 14.9. The zero-order valence-corrected chi connectivity index (χ0v) is 16.7. The Morgan fingerprint density at radius 2 is 1.67 bits per heavy atom. The Morgan fingerprint density at radius 3 is 2.40 bits per heavy atom. The fourth-order valence-corrected chi connectivity index (χ4v) is 4.14. The summed E-state index contributed by atoms with van der Waals surface area (Å²) in [5.74, 6) is 1.03. The lowest BCUT2D eigenvalue weighted by molar-refractivity contribution is -0.117. The number of benzene rings is 2. The lowest BCUT2D eigenvalue weighted by atomic mass is 10.1. The first-order valence-electron chi connectivity index (χ1n) is 10.4. The second-order valence-electron chi connectivity index (χ2n) is 7.73. The number of nitrogens with one attached hydrogen (secondary N) is 1. The Kier molecular flexibility index (Phi) is 4.78. The first-order valence-corrected chi connectivity index (χ1v) is 10.4. The zero-order valence-electron chi connectivity index (χ0n) is 16.7. The first-order chi connectivity index (χ1) is 14.7. The molecule has 2 aliphatic heterocycles. The highest BCUT2D eigenvalue weighted by Gasteiger charge is 2.24. The molecule has 0 radical (unpaired) electrons. The third-order valence-electron chi connectivity index (χ3n) is 5.68. The van der Waals surface area contributed by atoms with Gasteiger partial charge in [0.1, 0.15) is 0 Å². The maximum atomic E-state index is 13.1. The first kappa shape index (κ1) is 18.5. The normalized spacial score (nSPS) is 16.5. The molecule has 2 fully saturated rings. The maximum Gasteiger partial charge on any atom is 0.256 e. The van der Waals surface area contributed by atoms with E-state index in [0.717, 1.165) is 49.1 Å². The van der Waals surface area contributed by atoms with Gasteiger partial charge in [0.2, 0.25) is 5.91 Å². The van der Waals surface area contributed by atoms with Crippen LogP contribution in [0.3, 0.4) is 0 Å². The van der Waals surface area contributed by atoms with E-state index >= 15 is 0 Å². The van der Waals surface area contributed by atoms with Crippen molar-refractivity contribution < 1.29 is 9.59 Å². The number of carbonyl (C=O) groups is 2. The fraction of sp³-hybridized carbons (Fsp3) is 0.304. The van der Waals surface area contributed by atoms with Gasteiger partial charge in [0.05, 0.1) is 11.0 Å². The highest BCUT2D eigenvalue weighted by Crippen LogP contribution is 2.29. The standard InChI is InChI=1S/C23H23N5O2/c29-20-11-6-14-28(20)17-8-5-7-16(15-17)23(30)26-21-22(27-12-3-4-13-27)25-19-10-2-1-9-18(19)24-21/h1-2,5,7-10,15H,3-4,6,11-14H2,(H,24,26,30). The van der Waals surface area contributed by atoms with Gasteiger partial charge in [-0.1, -0.05) is 18.2 Å². The predicted molar refractivity (Wildman–Crippen MR) is 117 cm³/mol. The van der Waals surface area contributed by atoms with E-state index in [1.807, 2.05) is 36.4 Å². The van der Waals surface area contributed by atoms with E-state index in [0.29, 0.717) is 30.2 Å². The van der Waals surface area contributed by atoms with E-state index in [1.54, 1.807) is 17.0 Å². The molecule has 0 saturated carbocycles. The van der Waals surface area contributed by atoms with Crippen molar-refractivity contribution >= 4 is 40.2 Å². The van der Waals surface area contributed by atoms with Crippen LogP contribution in [0.5, 0.6) is 0 Å². The molecule has 0 atom stereocenters. The Morgan fingerprint density at radius 1 is 0.900 bits per heavy atom. The lowest BCUT2D eigenvalue weighted by Gasteiger charge is -2.20. The SMILES string of the molecule is O=C(Nc1nc2ccccc2nc1N1CCCC1)c1cccc(N2CCCC2=O)c1. The van der Waals surface area contributed by atoms with Crippen molar-refractivity contribution in [3.63, 3.8) is 0 Å². The van der Waals surface area contributed by atoms with E-state index in [2.05, 4.69) is 10.2 Å². The van der Waals surface area contributed by atoms with Gasteiger partial charge in [0.15, 0.2) is 11.6 Å². The molecule has 152 valence electrons. The van der Waals surface area contributed by atoms with Gasteiger partial charge >= 0.3 is 0 Å². The molecule has 2 aliphatic rings. The van der Waals surface area contributed by atoms with Crippen molar-refractivity contribution in [1.29, 1.82) is 0 Å². The molecule has 2 aromatic carbocycles. The molecule has 3 aromatic rings. The molecular formula is C23H23N5O2. The fourth-order valence-electron chi connectivity index (χ4n) is 4.14. The van der Waals surface area contributed by atoms with Gasteiger partial charge in [0.25, 0.3) is 5.91 Å². The Labute approximate surface area is 174 Å². The third kappa shape index (κ3) is 3.47. The summed E-state index contributed by atoms with van der Waals surface area (Å²) in [5, 5.41) is 2.97. The number of fused-ring (bicyclic) bond motifs is 1. The van der Waals surface area contributed by atoms with Crippen LogP contribution >= 0.6 is 0 Å². The minimum Gasteiger partial charge on any atom is -0.354 e. The molecule has 3 heterocycles. The highest BCUT2D eigenvalue weighted by molar-refractivity contribution is 6.06. The number of amides is 2. The van der Waals surface area contributed by atoms with Crippen molar-refractivity contribution in [2.75, 3.05) is 34.8 Å². The number of carbonyl (C=O) groups excluding carboxylic acids is 2. The molecule has 2 amide bonds. The average Bonchev–Trinajstić information content (AvgIpc) is 3.45. The van der Waals surface area contributed by atoms with Crippen LogP contribution in [0.4, 0.5) is 17.3 Å². The van der Waals surface area contributed by atoms with Gasteiger partial charge in [-0.05, 0) is 49.6 Å². The van der Waals surface area contributed by atoms with Crippen LogP contribution in [0.15, 0.2) is 48.5 Å². The minimum atomic E-state index is -0.256. The molecule has 30 heavy (non-hydrogen) atoms. The molecule has 1 aromatic heterocycles. The van der Waals surface area contributed by atoms with Crippen molar-refractivity contribution in [2.24, 2.45) is 0 Å². The quantitative estimate of drug-likeness (QED) is 0.723. The molecular weight excluding hydrogens is 378 g/mol. The zero-order chi connectivity index (χ0) is 20.5. The highest BCUT2D eigenvalue weighted by atomic mass is 16.2. The van der Waals surface area contributed by atoms with Gasteiger partial charge in [-0.15, -0.1) is 0 Å². The lowest BCUT2D eigenvalue weighted by Crippen LogP contribution is -2.25. The van der Waals surface area contributed by atoms with Gasteiger partial charge in [-0.3, -0.25) is 9.59 Å². The van der Waals surface area contributed by atoms with Crippen LogP contribution in [0.25, 0.3) is 11.0 Å². The van der Waals surface area contributed by atoms with Crippen LogP contribution < -0.4 is 15.1 Å². The Bertz CT molecular complexity index is 1120. The summed E-state index contributed by atoms with van der Waals surface area (Å²) in [6.45, 7) is 2.50. The number of hydrogen-bond donors (Lipinski definition) is 1. The van der Waals surface area contributed by atoms with Crippen LogP contribution in [-0.2, 0) is 4.79 Å². The van der Waals surface area contributed by atoms with Crippen LogP contribution in [-0.4, -0.2) is 41.4 Å². The summed E-state index contributed by atoms with van der Waals surface area (Å²) >= 11 is 0. The molecule has 0 aliphatic carbocycles. The minimum absolute atomic E-state index is 0.101. The van der Waals surface area contributed by atoms with E-state index in [9.17, 15) is 9.59 Å². The second-order valence-corrected chi connectivity index (χ2v) is 7.73. The summed E-state index contributed by atoms with van der Waals surface area (Å²) in [6.07, 6.45) is 3.62. The topological polar surface area (TPSA) is 78.4 Å². The summed E-state index contributed by atoms with van der Waals surface area (Å²) in [7, 11) is 0. The molecule has 0 spiro atoms. The Balaban J connectivity index is 1.47. The van der Waals surface area contributed by atoms with Crippen molar-refractivity contribution in [3.05, 3.63) is 54.1 Å². The number of rotatable bonds is 4. The second kappa shape index (κ2) is 7.74. The van der Waals surface area contributed by atoms with Gasteiger partial charge in [-0.25, -0.2) is 9.97 Å².